The van der Waals surface area contributed by atoms with Gasteiger partial charge >= 0.3 is 5.97 Å². The Kier molecular flexibility index (Phi) is 6.97. The molecule has 5 rings (SSSR count). The molecule has 2 aromatic heterocycles. The fourth-order valence-corrected chi connectivity index (χ4v) is 5.77. The number of pyridine rings is 1. The van der Waals surface area contributed by atoms with E-state index in [9.17, 15) is 19.1 Å². The number of nitrogens with zero attached hydrogens (tertiary/aromatic N) is 2. The first-order valence-electron chi connectivity index (χ1n) is 13.4. The SMILES string of the molecule is Cc1ccc(-c2c(C(OC(C)(C)C)C(=O)O)n(C)c(=O)c3c2c2c(n3Cc3ccc(F)cc3)CCCC2)cc1. The van der Waals surface area contributed by atoms with E-state index in [2.05, 4.69) is 4.57 Å². The minimum Gasteiger partial charge on any atom is -0.479 e. The summed E-state index contributed by atoms with van der Waals surface area (Å²) in [7, 11) is 1.63. The molecule has 1 aliphatic rings. The van der Waals surface area contributed by atoms with E-state index in [1.54, 1.807) is 19.2 Å². The molecule has 6 nitrogen and oxygen atoms in total. The van der Waals surface area contributed by atoms with Crippen LogP contribution in [-0.2, 0) is 36.0 Å². The highest BCUT2D eigenvalue weighted by atomic mass is 19.1. The third-order valence-corrected chi connectivity index (χ3v) is 7.49. The maximum atomic E-state index is 14.2. The third-order valence-electron chi connectivity index (χ3n) is 7.49. The number of ether oxygens (including phenoxy) is 1. The highest BCUT2D eigenvalue weighted by molar-refractivity contribution is 6.01. The van der Waals surface area contributed by atoms with Crippen molar-refractivity contribution in [2.24, 2.45) is 7.05 Å². The van der Waals surface area contributed by atoms with Crippen molar-refractivity contribution in [2.75, 3.05) is 0 Å². The van der Waals surface area contributed by atoms with E-state index in [4.69, 9.17) is 4.74 Å². The molecule has 1 atom stereocenters. The van der Waals surface area contributed by atoms with E-state index in [1.165, 1.54) is 16.7 Å². The van der Waals surface area contributed by atoms with Crippen LogP contribution in [0.1, 0.15) is 67.8 Å². The Morgan fingerprint density at radius 3 is 2.31 bits per heavy atom. The van der Waals surface area contributed by atoms with E-state index >= 15 is 0 Å². The summed E-state index contributed by atoms with van der Waals surface area (Å²) in [5, 5.41) is 11.2. The van der Waals surface area contributed by atoms with Crippen LogP contribution in [0.4, 0.5) is 4.39 Å². The molecule has 39 heavy (non-hydrogen) atoms. The predicted molar refractivity (Wildman–Crippen MR) is 151 cm³/mol. The Morgan fingerprint density at radius 1 is 1.05 bits per heavy atom. The van der Waals surface area contributed by atoms with Crippen molar-refractivity contribution in [1.82, 2.24) is 9.13 Å². The molecular weight excluding hydrogens is 495 g/mol. The van der Waals surface area contributed by atoms with Gasteiger partial charge in [-0.3, -0.25) is 4.79 Å². The van der Waals surface area contributed by atoms with E-state index in [-0.39, 0.29) is 11.4 Å². The number of rotatable bonds is 6. The van der Waals surface area contributed by atoms with Crippen LogP contribution in [0.5, 0.6) is 0 Å². The predicted octanol–water partition coefficient (Wildman–Crippen LogP) is 6.32. The number of carbonyl (C=O) groups is 1. The average molecular weight is 531 g/mol. The Morgan fingerprint density at radius 2 is 1.69 bits per heavy atom. The van der Waals surface area contributed by atoms with E-state index in [0.717, 1.165) is 64.6 Å². The van der Waals surface area contributed by atoms with Crippen molar-refractivity contribution in [3.8, 4) is 11.1 Å². The van der Waals surface area contributed by atoms with Crippen LogP contribution in [0.25, 0.3) is 22.0 Å². The van der Waals surface area contributed by atoms with E-state index < -0.39 is 17.7 Å². The van der Waals surface area contributed by atoms with E-state index in [1.807, 2.05) is 52.0 Å². The fraction of sp³-hybridized carbons (Fsp3) is 0.375. The van der Waals surface area contributed by atoms with Gasteiger partial charge < -0.3 is 19.0 Å². The lowest BCUT2D eigenvalue weighted by Gasteiger charge is -2.28. The van der Waals surface area contributed by atoms with Gasteiger partial charge in [-0.05, 0) is 82.2 Å². The summed E-state index contributed by atoms with van der Waals surface area (Å²) in [6, 6.07) is 14.3. The average Bonchev–Trinajstić information content (AvgIpc) is 3.20. The Labute approximate surface area is 227 Å². The summed E-state index contributed by atoms with van der Waals surface area (Å²) >= 11 is 0. The molecule has 0 saturated heterocycles. The van der Waals surface area contributed by atoms with Crippen molar-refractivity contribution < 1.29 is 19.0 Å². The molecule has 2 aromatic carbocycles. The molecule has 7 heteroatoms. The Balaban J connectivity index is 1.91. The maximum Gasteiger partial charge on any atom is 0.339 e. The molecule has 0 spiro atoms. The Bertz CT molecular complexity index is 1610. The van der Waals surface area contributed by atoms with Gasteiger partial charge in [0, 0.05) is 30.2 Å². The lowest BCUT2D eigenvalue weighted by atomic mass is 9.89. The molecule has 0 radical (unpaired) electrons. The molecule has 0 fully saturated rings. The summed E-state index contributed by atoms with van der Waals surface area (Å²) in [5.74, 6) is -1.45. The van der Waals surface area contributed by atoms with Gasteiger partial charge in [0.1, 0.15) is 11.3 Å². The van der Waals surface area contributed by atoms with Crippen LogP contribution in [0, 0.1) is 12.7 Å². The molecule has 0 amide bonds. The molecular formula is C32H35FN2O4. The summed E-state index contributed by atoms with van der Waals surface area (Å²) < 4.78 is 23.3. The summed E-state index contributed by atoms with van der Waals surface area (Å²) in [6.45, 7) is 7.87. The number of aryl methyl sites for hydroxylation is 2. The number of halogens is 1. The number of benzene rings is 2. The topological polar surface area (TPSA) is 73.5 Å². The number of carboxylic acid groups (broad SMARTS) is 1. The molecule has 2 heterocycles. The van der Waals surface area contributed by atoms with E-state index in [0.29, 0.717) is 17.8 Å². The normalized spacial score (nSPS) is 14.4. The summed E-state index contributed by atoms with van der Waals surface area (Å²) in [5.41, 5.74) is 5.58. The second-order valence-corrected chi connectivity index (χ2v) is 11.5. The van der Waals surface area contributed by atoms with Gasteiger partial charge in [0.2, 0.25) is 0 Å². The zero-order valence-corrected chi connectivity index (χ0v) is 23.2. The largest absolute Gasteiger partial charge is 0.479 e. The number of carboxylic acids is 1. The zero-order valence-electron chi connectivity index (χ0n) is 23.2. The Hall–Kier alpha value is -3.71. The van der Waals surface area contributed by atoms with Crippen molar-refractivity contribution in [3.63, 3.8) is 0 Å². The van der Waals surface area contributed by atoms with Gasteiger partial charge in [0.25, 0.3) is 5.56 Å². The first kappa shape index (κ1) is 26.9. The van der Waals surface area contributed by atoms with Gasteiger partial charge in [0.05, 0.1) is 11.3 Å². The molecule has 204 valence electrons. The number of hydrogen-bond acceptors (Lipinski definition) is 3. The molecule has 0 bridgehead atoms. The van der Waals surface area contributed by atoms with Gasteiger partial charge in [-0.25, -0.2) is 9.18 Å². The molecule has 1 aliphatic carbocycles. The number of fused-ring (bicyclic) bond motifs is 3. The molecule has 1 unspecified atom stereocenters. The van der Waals surface area contributed by atoms with Crippen molar-refractivity contribution in [2.45, 2.75) is 71.6 Å². The molecule has 0 aliphatic heterocycles. The summed E-state index contributed by atoms with van der Waals surface area (Å²) in [4.78, 5) is 26.9. The smallest absolute Gasteiger partial charge is 0.339 e. The number of aromatic nitrogens is 2. The van der Waals surface area contributed by atoms with Crippen LogP contribution in [0.3, 0.4) is 0 Å². The first-order chi connectivity index (χ1) is 18.5. The first-order valence-corrected chi connectivity index (χ1v) is 13.4. The van der Waals surface area contributed by atoms with Crippen LogP contribution < -0.4 is 5.56 Å². The van der Waals surface area contributed by atoms with Gasteiger partial charge in [-0.1, -0.05) is 42.0 Å². The molecule has 0 saturated carbocycles. The molecule has 1 N–H and O–H groups in total. The standard InChI is InChI=1S/C32H35FN2O4/c1-19-10-14-21(15-11-19)25-26-23-8-6-7-9-24(23)35(18-20-12-16-22(33)17-13-20)28(26)30(36)34(5)27(25)29(31(37)38)39-32(2,3)4/h10-17,29H,6-9,18H2,1-5H3,(H,37,38). The highest BCUT2D eigenvalue weighted by Crippen LogP contribution is 2.42. The van der Waals surface area contributed by atoms with Crippen molar-refractivity contribution in [1.29, 1.82) is 0 Å². The monoisotopic (exact) mass is 530 g/mol. The lowest BCUT2D eigenvalue weighted by Crippen LogP contribution is -2.33. The van der Waals surface area contributed by atoms with Crippen LogP contribution in [0.15, 0.2) is 53.3 Å². The highest BCUT2D eigenvalue weighted by Gasteiger charge is 2.35. The quantitative estimate of drug-likeness (QED) is 0.317. The van der Waals surface area contributed by atoms with Crippen molar-refractivity contribution >= 4 is 16.9 Å². The minimum atomic E-state index is -1.34. The van der Waals surface area contributed by atoms with Gasteiger partial charge in [-0.15, -0.1) is 0 Å². The molecule has 4 aromatic rings. The second-order valence-electron chi connectivity index (χ2n) is 11.5. The van der Waals surface area contributed by atoms with Crippen molar-refractivity contribution in [3.05, 3.63) is 92.8 Å². The third kappa shape index (κ3) is 5.03. The number of aliphatic carboxylic acids is 1. The minimum absolute atomic E-state index is 0.267. The fourth-order valence-electron chi connectivity index (χ4n) is 5.77. The van der Waals surface area contributed by atoms with Gasteiger partial charge in [0.15, 0.2) is 6.10 Å². The second kappa shape index (κ2) is 10.1. The maximum absolute atomic E-state index is 14.2. The zero-order chi connectivity index (χ0) is 28.1. The summed E-state index contributed by atoms with van der Waals surface area (Å²) in [6.07, 6.45) is 2.26. The van der Waals surface area contributed by atoms with Crippen LogP contribution in [-0.4, -0.2) is 25.8 Å². The number of hydrogen-bond donors (Lipinski definition) is 1. The van der Waals surface area contributed by atoms with Gasteiger partial charge in [-0.2, -0.15) is 0 Å². The lowest BCUT2D eigenvalue weighted by molar-refractivity contribution is -0.161. The van der Waals surface area contributed by atoms with Crippen LogP contribution >= 0.6 is 0 Å². The van der Waals surface area contributed by atoms with Crippen LogP contribution in [0.2, 0.25) is 0 Å².